The van der Waals surface area contributed by atoms with Crippen molar-refractivity contribution in [3.05, 3.63) is 47.0 Å². The Morgan fingerprint density at radius 3 is 2.54 bits per heavy atom. The number of phenols is 1. The maximum absolute atomic E-state index is 10.4. The van der Waals surface area contributed by atoms with Crippen LogP contribution in [0.25, 0.3) is 0 Å². The van der Waals surface area contributed by atoms with E-state index in [1.54, 1.807) is 25.3 Å². The van der Waals surface area contributed by atoms with Gasteiger partial charge in [-0.05, 0) is 35.2 Å². The van der Waals surface area contributed by atoms with Gasteiger partial charge in [-0.2, -0.15) is 5.11 Å². The Morgan fingerprint density at radius 1 is 1.12 bits per heavy atom. The van der Waals surface area contributed by atoms with Crippen LogP contribution in [-0.4, -0.2) is 19.0 Å². The molecule has 0 aromatic heterocycles. The largest absolute Gasteiger partial charge is 0.507 e. The molecule has 1 heterocycles. The zero-order chi connectivity index (χ0) is 17.3. The third kappa shape index (κ3) is 2.75. The van der Waals surface area contributed by atoms with E-state index < -0.39 is 6.04 Å². The minimum Gasteiger partial charge on any atom is -0.507 e. The maximum Gasteiger partial charge on any atom is 0.231 e. The minimum absolute atomic E-state index is 0.0508. The van der Waals surface area contributed by atoms with Gasteiger partial charge >= 0.3 is 0 Å². The smallest absolute Gasteiger partial charge is 0.231 e. The molecule has 24 heavy (non-hydrogen) atoms. The molecule has 0 saturated heterocycles. The van der Waals surface area contributed by atoms with Crippen molar-refractivity contribution in [1.29, 1.82) is 5.53 Å². The summed E-state index contributed by atoms with van der Waals surface area (Å²) in [6, 6.07) is 8.23. The lowest BCUT2D eigenvalue weighted by Gasteiger charge is -2.19. The Kier molecular flexibility index (Phi) is 4.29. The summed E-state index contributed by atoms with van der Waals surface area (Å²) in [5.74, 6) is 2.18. The number of hydrogen-bond donors (Lipinski definition) is 2. The Morgan fingerprint density at radius 2 is 1.88 bits per heavy atom. The van der Waals surface area contributed by atoms with Crippen molar-refractivity contribution in [3.63, 3.8) is 0 Å². The van der Waals surface area contributed by atoms with E-state index in [2.05, 4.69) is 5.11 Å². The average molecular weight is 328 g/mol. The zero-order valence-corrected chi connectivity index (χ0v) is 13.9. The third-order valence-corrected chi connectivity index (χ3v) is 4.14. The molecular weight excluding hydrogens is 308 g/mol. The first-order valence-electron chi connectivity index (χ1n) is 7.72. The predicted molar refractivity (Wildman–Crippen MR) is 88.3 cm³/mol. The number of ether oxygens (including phenoxy) is 3. The fourth-order valence-corrected chi connectivity index (χ4v) is 2.86. The number of benzene rings is 2. The minimum atomic E-state index is -0.622. The van der Waals surface area contributed by atoms with Crippen LogP contribution in [0.15, 0.2) is 35.4 Å². The van der Waals surface area contributed by atoms with Crippen LogP contribution in [0.2, 0.25) is 0 Å². The predicted octanol–water partition coefficient (Wildman–Crippen LogP) is 4.37. The molecule has 0 aliphatic carbocycles. The number of methoxy groups -OCH3 is 1. The molecule has 1 atom stereocenters. The number of nitrogens with zero attached hydrogens (tertiary/aromatic N) is 1. The van der Waals surface area contributed by atoms with Gasteiger partial charge in [0.1, 0.15) is 17.5 Å². The van der Waals surface area contributed by atoms with Crippen LogP contribution in [0.3, 0.4) is 0 Å². The molecule has 126 valence electrons. The van der Waals surface area contributed by atoms with Crippen molar-refractivity contribution < 1.29 is 19.3 Å². The molecule has 6 heteroatoms. The van der Waals surface area contributed by atoms with Crippen LogP contribution in [0.5, 0.6) is 23.0 Å². The van der Waals surface area contributed by atoms with Crippen molar-refractivity contribution in [2.45, 2.75) is 25.8 Å². The molecule has 6 nitrogen and oxygen atoms in total. The number of hydrogen-bond acceptors (Lipinski definition) is 6. The number of nitrogens with one attached hydrogen (secondary N) is 1. The molecule has 3 rings (SSSR count). The summed E-state index contributed by atoms with van der Waals surface area (Å²) in [7, 11) is 1.57. The Labute approximate surface area is 140 Å². The van der Waals surface area contributed by atoms with Crippen molar-refractivity contribution in [2.75, 3.05) is 13.9 Å². The maximum atomic E-state index is 10.4. The van der Waals surface area contributed by atoms with Crippen LogP contribution < -0.4 is 14.2 Å². The van der Waals surface area contributed by atoms with Crippen molar-refractivity contribution >= 4 is 0 Å². The van der Waals surface area contributed by atoms with Crippen molar-refractivity contribution in [1.82, 2.24) is 0 Å². The lowest BCUT2D eigenvalue weighted by atomic mass is 9.92. The summed E-state index contributed by atoms with van der Waals surface area (Å²) >= 11 is 0. The van der Waals surface area contributed by atoms with Gasteiger partial charge in [0.2, 0.25) is 6.79 Å². The van der Waals surface area contributed by atoms with E-state index in [1.807, 2.05) is 26.0 Å². The Bertz CT molecular complexity index is 774. The zero-order valence-electron chi connectivity index (χ0n) is 13.9. The Balaban J connectivity index is 2.08. The highest BCUT2D eigenvalue weighted by atomic mass is 16.7. The third-order valence-electron chi connectivity index (χ3n) is 4.14. The topological polar surface area (TPSA) is 84.1 Å². The summed E-state index contributed by atoms with van der Waals surface area (Å²) in [6.07, 6.45) is 0. The summed E-state index contributed by atoms with van der Waals surface area (Å²) in [4.78, 5) is 0. The van der Waals surface area contributed by atoms with Gasteiger partial charge in [-0.25, -0.2) is 5.53 Å². The molecule has 0 saturated carbocycles. The normalized spacial score (nSPS) is 13.8. The first kappa shape index (κ1) is 16.1. The standard InChI is InChI=1S/C18H20N2O4/c1-10(2)12-7-13(14(21)8-16(12)22-3)18(20-19)11-4-5-15-17(6-11)24-9-23-15/h4-8,10,18-19,21H,9H2,1-3H3. The molecule has 2 N–H and O–H groups in total. The van der Waals surface area contributed by atoms with Gasteiger partial charge in [0.25, 0.3) is 0 Å². The molecule has 2 aromatic rings. The van der Waals surface area contributed by atoms with Crippen molar-refractivity contribution in [3.8, 4) is 23.0 Å². The Hall–Kier alpha value is -2.76. The molecule has 2 aromatic carbocycles. The molecular formula is C18H20N2O4. The molecule has 1 unspecified atom stereocenters. The number of rotatable bonds is 5. The van der Waals surface area contributed by atoms with E-state index in [1.165, 1.54) is 0 Å². The number of phenolic OH excluding ortho intramolecular Hbond substituents is 1. The van der Waals surface area contributed by atoms with Gasteiger partial charge in [-0.15, -0.1) is 0 Å². The first-order chi connectivity index (χ1) is 11.5. The monoisotopic (exact) mass is 328 g/mol. The molecule has 0 spiro atoms. The van der Waals surface area contributed by atoms with Crippen LogP contribution >= 0.6 is 0 Å². The highest BCUT2D eigenvalue weighted by molar-refractivity contribution is 5.53. The molecule has 0 radical (unpaired) electrons. The van der Waals surface area contributed by atoms with E-state index >= 15 is 0 Å². The van der Waals surface area contributed by atoms with Gasteiger partial charge in [0.15, 0.2) is 11.5 Å². The highest BCUT2D eigenvalue weighted by Crippen LogP contribution is 2.41. The first-order valence-corrected chi connectivity index (χ1v) is 7.72. The summed E-state index contributed by atoms with van der Waals surface area (Å²) in [5.41, 5.74) is 9.89. The summed E-state index contributed by atoms with van der Waals surface area (Å²) in [6.45, 7) is 4.28. The van der Waals surface area contributed by atoms with Gasteiger partial charge in [-0.3, -0.25) is 0 Å². The van der Waals surface area contributed by atoms with Crippen LogP contribution in [0.1, 0.15) is 42.5 Å². The lowest BCUT2D eigenvalue weighted by molar-refractivity contribution is 0.174. The molecule has 0 fully saturated rings. The van der Waals surface area contributed by atoms with Crippen LogP contribution in [0.4, 0.5) is 0 Å². The summed E-state index contributed by atoms with van der Waals surface area (Å²) < 4.78 is 16.1. The fourth-order valence-electron chi connectivity index (χ4n) is 2.86. The summed E-state index contributed by atoms with van der Waals surface area (Å²) in [5, 5.41) is 14.1. The second-order valence-corrected chi connectivity index (χ2v) is 5.95. The highest BCUT2D eigenvalue weighted by Gasteiger charge is 2.23. The van der Waals surface area contributed by atoms with E-state index in [9.17, 15) is 5.11 Å². The van der Waals surface area contributed by atoms with Crippen LogP contribution in [0, 0.1) is 5.53 Å². The molecule has 0 amide bonds. The quantitative estimate of drug-likeness (QED) is 0.798. The second-order valence-electron chi connectivity index (χ2n) is 5.95. The van der Waals surface area contributed by atoms with Gasteiger partial charge < -0.3 is 19.3 Å². The molecule has 1 aliphatic heterocycles. The van der Waals surface area contributed by atoms with Gasteiger partial charge in [0, 0.05) is 11.6 Å². The van der Waals surface area contributed by atoms with E-state index in [0.717, 1.165) is 11.1 Å². The SMILES string of the molecule is COc1cc(O)c(C(N=N)c2ccc3c(c2)OCO3)cc1C(C)C. The van der Waals surface area contributed by atoms with Crippen molar-refractivity contribution in [2.24, 2.45) is 5.11 Å². The molecule has 1 aliphatic rings. The average Bonchev–Trinajstić information content (AvgIpc) is 3.04. The molecule has 0 bridgehead atoms. The van der Waals surface area contributed by atoms with Gasteiger partial charge in [-0.1, -0.05) is 19.9 Å². The second kappa shape index (κ2) is 6.39. The lowest BCUT2D eigenvalue weighted by Crippen LogP contribution is -2.02. The van der Waals surface area contributed by atoms with E-state index in [0.29, 0.717) is 22.8 Å². The number of aromatic hydroxyl groups is 1. The van der Waals surface area contributed by atoms with E-state index in [4.69, 9.17) is 19.7 Å². The van der Waals surface area contributed by atoms with Crippen LogP contribution in [-0.2, 0) is 0 Å². The number of fused-ring (bicyclic) bond motifs is 1. The fraction of sp³-hybridized carbons (Fsp3) is 0.333. The van der Waals surface area contributed by atoms with E-state index in [-0.39, 0.29) is 18.5 Å². The van der Waals surface area contributed by atoms with Gasteiger partial charge in [0.05, 0.1) is 7.11 Å².